The van der Waals surface area contributed by atoms with Gasteiger partial charge in [0.2, 0.25) is 5.82 Å². The fraction of sp³-hybridized carbons (Fsp3) is 0.346. The van der Waals surface area contributed by atoms with Crippen molar-refractivity contribution in [1.29, 1.82) is 0 Å². The van der Waals surface area contributed by atoms with Gasteiger partial charge in [0.1, 0.15) is 0 Å². The van der Waals surface area contributed by atoms with Crippen LogP contribution in [0.15, 0.2) is 54.6 Å². The van der Waals surface area contributed by atoms with Crippen molar-refractivity contribution in [3.63, 3.8) is 0 Å². The molecule has 0 spiro atoms. The Hall–Kier alpha value is -2.82. The third kappa shape index (κ3) is 3.22. The molecule has 0 amide bonds. The number of benzene rings is 2. The molecule has 0 N–H and O–H groups in total. The molecule has 1 unspecified atom stereocenters. The normalized spacial score (nSPS) is 18.1. The monoisotopic (exact) mass is 422 g/mol. The summed E-state index contributed by atoms with van der Waals surface area (Å²) in [7, 11) is 0. The lowest BCUT2D eigenvalue weighted by Crippen LogP contribution is -2.22. The van der Waals surface area contributed by atoms with E-state index in [4.69, 9.17) is 0 Å². The van der Waals surface area contributed by atoms with E-state index in [1.165, 1.54) is 4.40 Å². The van der Waals surface area contributed by atoms with Crippen LogP contribution in [0.3, 0.4) is 0 Å². The van der Waals surface area contributed by atoms with Gasteiger partial charge in [0, 0.05) is 16.3 Å². The first-order valence-electron chi connectivity index (χ1n) is 10.7. The maximum atomic E-state index is 14.1. The Morgan fingerprint density at radius 2 is 1.61 bits per heavy atom. The molecule has 0 fully saturated rings. The van der Waals surface area contributed by atoms with E-state index in [1.54, 1.807) is 24.3 Å². The van der Waals surface area contributed by atoms with Crippen molar-refractivity contribution < 1.29 is 13.2 Å². The zero-order valence-corrected chi connectivity index (χ0v) is 17.9. The molecule has 0 aliphatic heterocycles. The summed E-state index contributed by atoms with van der Waals surface area (Å²) < 4.78 is 43.7. The van der Waals surface area contributed by atoms with Crippen molar-refractivity contribution in [3.05, 3.63) is 66.0 Å². The Balaban J connectivity index is 1.89. The van der Waals surface area contributed by atoms with Gasteiger partial charge in [-0.25, -0.2) is 4.98 Å². The molecule has 0 saturated carbocycles. The average Bonchev–Trinajstić information content (AvgIpc) is 3.07. The van der Waals surface area contributed by atoms with Gasteiger partial charge < -0.3 is 0 Å². The van der Waals surface area contributed by atoms with Gasteiger partial charge in [-0.15, -0.1) is 0 Å². The highest BCUT2D eigenvalue weighted by Gasteiger charge is 2.38. The number of rotatable bonds is 1. The number of hydrogen-bond donors (Lipinski definition) is 0. The second-order valence-electron chi connectivity index (χ2n) is 9.59. The Bertz CT molecular complexity index is 1340. The highest BCUT2D eigenvalue weighted by atomic mass is 19.4. The Kier molecular flexibility index (Phi) is 4.44. The maximum Gasteiger partial charge on any atom is 0.450 e. The van der Waals surface area contributed by atoms with Crippen LogP contribution in [0.2, 0.25) is 0 Å². The fourth-order valence-corrected chi connectivity index (χ4v) is 5.01. The topological polar surface area (TPSA) is 17.3 Å². The molecule has 1 aliphatic rings. The molecule has 2 heterocycles. The number of para-hydroxylation sites is 2. The lowest BCUT2D eigenvalue weighted by molar-refractivity contribution is -0.145. The molecule has 0 saturated heterocycles. The van der Waals surface area contributed by atoms with E-state index in [-0.39, 0.29) is 5.41 Å². The number of allylic oxidation sites excluding steroid dienone is 2. The molecule has 4 aromatic rings. The fourth-order valence-electron chi connectivity index (χ4n) is 5.01. The molecule has 2 nitrogen and oxygen atoms in total. The molecule has 5 rings (SSSR count). The standard InChI is InChI=1S/C26H25F3N2/c1-25(2,3)17-14-12-16(13-15-17)22-19-9-5-7-11-21(19)31-23(22)18-8-4-6-10-20(18)30-24(31)26(27,28)29/h4-12,17H,13-15H2,1-3H3. The summed E-state index contributed by atoms with van der Waals surface area (Å²) in [5, 5.41) is 1.60. The minimum Gasteiger partial charge on any atom is -0.289 e. The van der Waals surface area contributed by atoms with Crippen LogP contribution < -0.4 is 0 Å². The third-order valence-electron chi connectivity index (χ3n) is 6.68. The van der Waals surface area contributed by atoms with Gasteiger partial charge in [0.05, 0.1) is 16.6 Å². The number of nitrogens with zero attached hydrogens (tertiary/aromatic N) is 2. The van der Waals surface area contributed by atoms with E-state index in [0.29, 0.717) is 22.5 Å². The molecular formula is C26H25F3N2. The molecule has 5 heteroatoms. The highest BCUT2D eigenvalue weighted by molar-refractivity contribution is 6.10. The van der Waals surface area contributed by atoms with Gasteiger partial charge in [0.15, 0.2) is 0 Å². The molecule has 1 atom stereocenters. The quantitative estimate of drug-likeness (QED) is 0.305. The first kappa shape index (κ1) is 20.1. The molecule has 1 aliphatic carbocycles. The summed E-state index contributed by atoms with van der Waals surface area (Å²) >= 11 is 0. The van der Waals surface area contributed by atoms with E-state index in [2.05, 4.69) is 31.8 Å². The Labute approximate surface area is 179 Å². The summed E-state index contributed by atoms with van der Waals surface area (Å²) in [5.74, 6) is -0.298. The SMILES string of the molecule is CC(C)(C)C1CC=C(c2c3ccccc3n3c(C(F)(F)F)nc4ccccc4c23)CC1. The summed E-state index contributed by atoms with van der Waals surface area (Å²) in [4.78, 5) is 4.05. The van der Waals surface area contributed by atoms with Crippen molar-refractivity contribution in [2.45, 2.75) is 46.2 Å². The van der Waals surface area contributed by atoms with Crippen molar-refractivity contribution >= 4 is 32.9 Å². The van der Waals surface area contributed by atoms with Crippen LogP contribution in [-0.4, -0.2) is 9.38 Å². The third-order valence-corrected chi connectivity index (χ3v) is 6.68. The van der Waals surface area contributed by atoms with Crippen LogP contribution >= 0.6 is 0 Å². The van der Waals surface area contributed by atoms with Gasteiger partial charge in [-0.2, -0.15) is 13.2 Å². The first-order valence-corrected chi connectivity index (χ1v) is 10.7. The largest absolute Gasteiger partial charge is 0.450 e. The van der Waals surface area contributed by atoms with Gasteiger partial charge in [-0.1, -0.05) is 63.2 Å². The van der Waals surface area contributed by atoms with Crippen LogP contribution in [0.4, 0.5) is 13.2 Å². The summed E-state index contributed by atoms with van der Waals surface area (Å²) in [6, 6.07) is 14.5. The van der Waals surface area contributed by atoms with Crippen molar-refractivity contribution in [1.82, 2.24) is 9.38 Å². The molecule has 0 bridgehead atoms. The van der Waals surface area contributed by atoms with Crippen LogP contribution in [0.1, 0.15) is 51.4 Å². The van der Waals surface area contributed by atoms with Crippen molar-refractivity contribution in [2.75, 3.05) is 0 Å². The molecule has 2 aromatic carbocycles. The average molecular weight is 422 g/mol. The van der Waals surface area contributed by atoms with E-state index in [9.17, 15) is 13.2 Å². The number of hydrogen-bond acceptors (Lipinski definition) is 1. The number of fused-ring (bicyclic) bond motifs is 5. The van der Waals surface area contributed by atoms with Gasteiger partial charge in [-0.05, 0) is 48.3 Å². The number of alkyl halides is 3. The van der Waals surface area contributed by atoms with Crippen molar-refractivity contribution in [2.24, 2.45) is 11.3 Å². The summed E-state index contributed by atoms with van der Waals surface area (Å²) in [6.07, 6.45) is 0.544. The highest BCUT2D eigenvalue weighted by Crippen LogP contribution is 2.45. The van der Waals surface area contributed by atoms with E-state index >= 15 is 0 Å². The lowest BCUT2D eigenvalue weighted by Gasteiger charge is -2.33. The van der Waals surface area contributed by atoms with Gasteiger partial charge in [0.25, 0.3) is 0 Å². The zero-order chi connectivity index (χ0) is 22.0. The van der Waals surface area contributed by atoms with Crippen LogP contribution in [0.5, 0.6) is 0 Å². The molecule has 31 heavy (non-hydrogen) atoms. The molecule has 0 radical (unpaired) electrons. The minimum absolute atomic E-state index is 0.215. The van der Waals surface area contributed by atoms with Crippen LogP contribution in [0.25, 0.3) is 32.9 Å². The summed E-state index contributed by atoms with van der Waals surface area (Å²) in [5.41, 5.74) is 3.81. The molecule has 2 aromatic heterocycles. The van der Waals surface area contributed by atoms with Crippen molar-refractivity contribution in [3.8, 4) is 0 Å². The number of halogens is 3. The smallest absolute Gasteiger partial charge is 0.289 e. The Morgan fingerprint density at radius 1 is 0.935 bits per heavy atom. The van der Waals surface area contributed by atoms with Crippen LogP contribution in [0, 0.1) is 11.3 Å². The first-order chi connectivity index (χ1) is 14.7. The predicted octanol–water partition coefficient (Wildman–Crippen LogP) is 7.89. The van der Waals surface area contributed by atoms with Gasteiger partial charge >= 0.3 is 6.18 Å². The second-order valence-corrected chi connectivity index (χ2v) is 9.59. The summed E-state index contributed by atoms with van der Waals surface area (Å²) in [6.45, 7) is 6.78. The van der Waals surface area contributed by atoms with E-state index < -0.39 is 12.0 Å². The van der Waals surface area contributed by atoms with Crippen LogP contribution in [-0.2, 0) is 6.18 Å². The lowest BCUT2D eigenvalue weighted by atomic mass is 9.72. The minimum atomic E-state index is -4.56. The Morgan fingerprint density at radius 3 is 2.26 bits per heavy atom. The predicted molar refractivity (Wildman–Crippen MR) is 120 cm³/mol. The number of aromatic nitrogens is 2. The second kappa shape index (κ2) is 6.84. The van der Waals surface area contributed by atoms with E-state index in [0.717, 1.165) is 41.2 Å². The van der Waals surface area contributed by atoms with Gasteiger partial charge in [-0.3, -0.25) is 4.40 Å². The molecular weight excluding hydrogens is 397 g/mol. The molecule has 160 valence electrons. The zero-order valence-electron chi connectivity index (χ0n) is 17.9. The maximum absolute atomic E-state index is 14.1. The van der Waals surface area contributed by atoms with E-state index in [1.807, 2.05) is 24.3 Å².